The van der Waals surface area contributed by atoms with Gasteiger partial charge in [0.2, 0.25) is 0 Å². The van der Waals surface area contributed by atoms with E-state index >= 15 is 0 Å². The molecule has 0 radical (unpaired) electrons. The van der Waals surface area contributed by atoms with Crippen molar-refractivity contribution in [2.24, 2.45) is 45.8 Å². The van der Waals surface area contributed by atoms with Gasteiger partial charge in [-0.05, 0) is 97.2 Å². The highest BCUT2D eigenvalue weighted by Gasteiger charge is 2.86. The third-order valence-corrected chi connectivity index (χ3v) is 10.7. The molecule has 0 N–H and O–H groups in total. The van der Waals surface area contributed by atoms with Gasteiger partial charge in [0.05, 0.1) is 12.5 Å². The van der Waals surface area contributed by atoms with E-state index in [1.54, 1.807) is 25.7 Å². The van der Waals surface area contributed by atoms with Crippen molar-refractivity contribution in [3.8, 4) is 6.07 Å². The second kappa shape index (κ2) is 5.86. The van der Waals surface area contributed by atoms with Crippen LogP contribution in [0.15, 0.2) is 12.2 Å². The molecule has 0 bridgehead atoms. The molecule has 8 atom stereocenters. The van der Waals surface area contributed by atoms with E-state index in [4.69, 9.17) is 5.26 Å². The molecule has 1 nitrogen and oxygen atoms in total. The van der Waals surface area contributed by atoms with E-state index in [0.717, 1.165) is 40.4 Å². The number of hydrogen-bond donors (Lipinski definition) is 0. The van der Waals surface area contributed by atoms with Gasteiger partial charge in [0.15, 0.2) is 0 Å². The van der Waals surface area contributed by atoms with Crippen molar-refractivity contribution in [3.63, 3.8) is 0 Å². The van der Waals surface area contributed by atoms with Crippen LogP contribution in [0.25, 0.3) is 0 Å². The Labute approximate surface area is 160 Å². The van der Waals surface area contributed by atoms with Crippen molar-refractivity contribution < 1.29 is 0 Å². The maximum Gasteiger partial charge on any atom is 0.0663 e. The zero-order chi connectivity index (χ0) is 18.0. The van der Waals surface area contributed by atoms with Gasteiger partial charge in [0.1, 0.15) is 0 Å². The lowest BCUT2D eigenvalue weighted by atomic mass is 9.59. The Morgan fingerprint density at radius 2 is 1.88 bits per heavy atom. The third-order valence-electron chi connectivity index (χ3n) is 10.7. The van der Waals surface area contributed by atoms with E-state index in [2.05, 4.69) is 32.1 Å². The lowest BCUT2D eigenvalue weighted by molar-refractivity contribution is 0.0314. The lowest BCUT2D eigenvalue weighted by Crippen LogP contribution is -2.39. The van der Waals surface area contributed by atoms with Crippen LogP contribution in [-0.2, 0) is 0 Å². The summed E-state index contributed by atoms with van der Waals surface area (Å²) in [6.45, 7) is 5.16. The average molecular weight is 352 g/mol. The largest absolute Gasteiger partial charge is 0.198 e. The molecule has 1 heteroatoms. The minimum atomic E-state index is 0.585. The van der Waals surface area contributed by atoms with Gasteiger partial charge in [-0.15, -0.1) is 0 Å². The molecule has 0 aliphatic heterocycles. The topological polar surface area (TPSA) is 23.8 Å². The van der Waals surface area contributed by atoms with Crippen LogP contribution >= 0.6 is 0 Å². The first-order valence-corrected chi connectivity index (χ1v) is 11.7. The number of hydrogen-bond acceptors (Lipinski definition) is 1. The van der Waals surface area contributed by atoms with E-state index in [9.17, 15) is 0 Å². The molecule has 142 valence electrons. The Morgan fingerprint density at radius 1 is 1.00 bits per heavy atom. The van der Waals surface area contributed by atoms with Crippen LogP contribution in [0, 0.1) is 57.2 Å². The quantitative estimate of drug-likeness (QED) is 0.506. The molecular formula is C25H37N. The summed E-state index contributed by atoms with van der Waals surface area (Å²) in [7, 11) is 0. The summed E-state index contributed by atoms with van der Waals surface area (Å²) in [5.74, 6) is 5.12. The molecule has 0 aromatic heterocycles. The summed E-state index contributed by atoms with van der Waals surface area (Å²) in [5.41, 5.74) is 2.14. The molecular weight excluding hydrogens is 314 g/mol. The van der Waals surface area contributed by atoms with Crippen LogP contribution < -0.4 is 0 Å². The fourth-order valence-corrected chi connectivity index (χ4v) is 9.97. The Hall–Kier alpha value is -0.770. The van der Waals surface area contributed by atoms with Crippen molar-refractivity contribution in [3.05, 3.63) is 12.2 Å². The number of nitrogens with zero attached hydrogens (tertiary/aromatic N) is 1. The number of nitriles is 1. The first-order chi connectivity index (χ1) is 12.6. The summed E-state index contributed by atoms with van der Waals surface area (Å²) in [4.78, 5) is 0. The van der Waals surface area contributed by atoms with Crippen molar-refractivity contribution in [2.75, 3.05) is 0 Å². The molecule has 0 amide bonds. The maximum atomic E-state index is 8.79. The van der Waals surface area contributed by atoms with Gasteiger partial charge >= 0.3 is 0 Å². The van der Waals surface area contributed by atoms with Gasteiger partial charge in [-0.25, -0.2) is 0 Å². The molecule has 6 unspecified atom stereocenters. The molecule has 0 heterocycles. The average Bonchev–Trinajstić information content (AvgIpc) is 2.91. The molecule has 2 spiro atoms. The Morgan fingerprint density at radius 3 is 2.69 bits per heavy atom. The van der Waals surface area contributed by atoms with Crippen LogP contribution in [0.1, 0.15) is 90.9 Å². The van der Waals surface area contributed by atoms with E-state index < -0.39 is 0 Å². The third kappa shape index (κ3) is 1.88. The molecule has 5 saturated carbocycles. The van der Waals surface area contributed by atoms with Crippen LogP contribution in [0.4, 0.5) is 0 Å². The SMILES string of the molecule is CC[C@H]1CC23C4CCC(C/C=C/CC#N)C4(C)CC[C@@H]2C32CCCCC12. The van der Waals surface area contributed by atoms with Crippen molar-refractivity contribution in [2.45, 2.75) is 90.9 Å². The summed E-state index contributed by atoms with van der Waals surface area (Å²) in [6.07, 6.45) is 21.4. The van der Waals surface area contributed by atoms with Crippen molar-refractivity contribution in [1.82, 2.24) is 0 Å². The van der Waals surface area contributed by atoms with E-state index in [-0.39, 0.29) is 0 Å². The number of fused-ring (bicyclic) bond motifs is 1. The lowest BCUT2D eigenvalue weighted by Gasteiger charge is -2.46. The van der Waals surface area contributed by atoms with Crippen LogP contribution in [0.2, 0.25) is 0 Å². The number of allylic oxidation sites excluding steroid dienone is 2. The van der Waals surface area contributed by atoms with Gasteiger partial charge in [-0.3, -0.25) is 0 Å². The smallest absolute Gasteiger partial charge is 0.0663 e. The van der Waals surface area contributed by atoms with E-state index in [0.29, 0.717) is 11.8 Å². The fraction of sp³-hybridized carbons (Fsp3) is 0.880. The van der Waals surface area contributed by atoms with Crippen LogP contribution in [-0.4, -0.2) is 0 Å². The van der Waals surface area contributed by atoms with Gasteiger partial charge in [-0.2, -0.15) is 5.26 Å². The molecule has 0 aromatic rings. The Bertz CT molecular complexity index is 643. The highest BCUT2D eigenvalue weighted by Crippen LogP contribution is 2.92. The van der Waals surface area contributed by atoms with Gasteiger partial charge in [-0.1, -0.05) is 45.3 Å². The Balaban J connectivity index is 1.44. The Kier molecular flexibility index (Phi) is 3.91. The van der Waals surface area contributed by atoms with Crippen molar-refractivity contribution in [1.29, 1.82) is 5.26 Å². The predicted octanol–water partition coefficient (Wildman–Crippen LogP) is 6.90. The number of rotatable bonds is 4. The first kappa shape index (κ1) is 17.3. The summed E-state index contributed by atoms with van der Waals surface area (Å²) >= 11 is 0. The summed E-state index contributed by atoms with van der Waals surface area (Å²) < 4.78 is 0. The van der Waals surface area contributed by atoms with Gasteiger partial charge in [0, 0.05) is 0 Å². The minimum absolute atomic E-state index is 0.585. The molecule has 0 aromatic carbocycles. The van der Waals surface area contributed by atoms with Crippen molar-refractivity contribution >= 4 is 0 Å². The second-order valence-electron chi connectivity index (χ2n) is 10.8. The zero-order valence-corrected chi connectivity index (χ0v) is 17.0. The zero-order valence-electron chi connectivity index (χ0n) is 17.0. The fourth-order valence-electron chi connectivity index (χ4n) is 9.97. The monoisotopic (exact) mass is 351 g/mol. The van der Waals surface area contributed by atoms with Crippen LogP contribution in [0.5, 0.6) is 0 Å². The highest BCUT2D eigenvalue weighted by molar-refractivity contribution is 5.34. The summed E-state index contributed by atoms with van der Waals surface area (Å²) in [5, 5.41) is 8.79. The highest BCUT2D eigenvalue weighted by atomic mass is 14.9. The standard InChI is InChI=1S/C25H37N/c1-3-18-17-25-21-12-11-19(9-5-4-8-16-26)23(21,2)15-13-22(25)24(25)14-7-6-10-20(18)24/h4-5,18-22H,3,6-15,17H2,1-2H3/b5-4+/t18-,19?,20?,21?,22+,23?,24?,25?/m0/s1. The maximum absolute atomic E-state index is 8.79. The normalized spacial score (nSPS) is 54.3. The molecule has 5 rings (SSSR count). The molecule has 0 saturated heterocycles. The van der Waals surface area contributed by atoms with Gasteiger partial charge < -0.3 is 0 Å². The molecule has 5 fully saturated rings. The first-order valence-electron chi connectivity index (χ1n) is 11.7. The van der Waals surface area contributed by atoms with Crippen LogP contribution in [0.3, 0.4) is 0 Å². The second-order valence-corrected chi connectivity index (χ2v) is 10.8. The summed E-state index contributed by atoms with van der Waals surface area (Å²) in [6, 6.07) is 2.26. The minimum Gasteiger partial charge on any atom is -0.198 e. The van der Waals surface area contributed by atoms with Gasteiger partial charge in [0.25, 0.3) is 0 Å². The molecule has 5 aliphatic rings. The predicted molar refractivity (Wildman–Crippen MR) is 106 cm³/mol. The van der Waals surface area contributed by atoms with E-state index in [1.165, 1.54) is 44.9 Å². The molecule has 5 aliphatic carbocycles. The molecule has 26 heavy (non-hydrogen) atoms. The van der Waals surface area contributed by atoms with E-state index in [1.807, 2.05) is 0 Å².